The van der Waals surface area contributed by atoms with E-state index < -0.39 is 20.4 Å². The van der Waals surface area contributed by atoms with Gasteiger partial charge in [-0.3, -0.25) is 0 Å². The van der Waals surface area contributed by atoms with E-state index in [4.69, 9.17) is 10.0 Å². The molecule has 0 saturated carbocycles. The van der Waals surface area contributed by atoms with Crippen LogP contribution in [0, 0.1) is 0 Å². The van der Waals surface area contributed by atoms with E-state index in [9.17, 15) is 0 Å². The van der Waals surface area contributed by atoms with Gasteiger partial charge in [-0.05, 0) is 0 Å². The number of hydrogen-bond acceptors (Lipinski definition) is 1. The summed E-state index contributed by atoms with van der Waals surface area (Å²) in [6.45, 7) is 0. The van der Waals surface area contributed by atoms with Crippen molar-refractivity contribution in [2.75, 3.05) is 0 Å². The van der Waals surface area contributed by atoms with E-state index in [-0.39, 0.29) is 45.9 Å². The van der Waals surface area contributed by atoms with Gasteiger partial charge in [0.05, 0.1) is 0 Å². The summed E-state index contributed by atoms with van der Waals surface area (Å²) in [6, 6.07) is 0. The molecule has 2 N–H and O–H groups in total. The molecular weight excluding hydrogens is 339 g/mol. The normalized spacial score (nSPS) is 5.83. The average Bonchev–Trinajstić information content (AvgIpc) is 0.811. The molecule has 0 unspecified atom stereocenters. The third kappa shape index (κ3) is 37.2. The van der Waals surface area contributed by atoms with Crippen molar-refractivity contribution in [2.45, 2.75) is 0 Å². The Morgan fingerprint density at radius 1 is 1.33 bits per heavy atom. The molecule has 6 heavy (non-hydrogen) atoms. The summed E-state index contributed by atoms with van der Waals surface area (Å²) in [5.41, 5.74) is 0. The Morgan fingerprint density at radius 3 is 1.33 bits per heavy atom. The Morgan fingerprint density at radius 2 is 1.33 bits per heavy atom. The summed E-state index contributed by atoms with van der Waals surface area (Å²) >= 11 is -3.61. The number of hydrogen-bond donors (Lipinski definition) is 2. The van der Waals surface area contributed by atoms with Crippen molar-refractivity contribution in [1.82, 2.24) is 0 Å². The van der Waals surface area contributed by atoms with Gasteiger partial charge in [-0.2, -0.15) is 0 Å². The SMILES string of the molecule is O=[Te](O)O.[Cd].[V]. The first-order chi connectivity index (χ1) is 1.73. The Bertz CT molecular complexity index is 33.8. The molecule has 0 aliphatic carbocycles. The average molecular weight is 341 g/mol. The zero-order valence-electron chi connectivity index (χ0n) is 2.87. The molecule has 0 fully saturated rings. The minimum atomic E-state index is -3.61. The second kappa shape index (κ2) is 10.1. The number of rotatable bonds is 0. The molecule has 0 aromatic rings. The Labute approximate surface area is 75.3 Å². The van der Waals surface area contributed by atoms with Gasteiger partial charge < -0.3 is 0 Å². The zero-order chi connectivity index (χ0) is 3.58. The van der Waals surface area contributed by atoms with E-state index in [2.05, 4.69) is 0 Å². The molecule has 6 heteroatoms. The van der Waals surface area contributed by atoms with Crippen molar-refractivity contribution in [2.24, 2.45) is 0 Å². The van der Waals surface area contributed by atoms with Crippen LogP contribution in [0.2, 0.25) is 0 Å². The first kappa shape index (κ1) is 15.7. The van der Waals surface area contributed by atoms with Crippen LogP contribution in [0.5, 0.6) is 0 Å². The van der Waals surface area contributed by atoms with Crippen LogP contribution < -0.4 is 0 Å². The summed E-state index contributed by atoms with van der Waals surface area (Å²) < 4.78 is 23.3. The van der Waals surface area contributed by atoms with Crippen LogP contribution in [-0.4, -0.2) is 27.3 Å². The van der Waals surface area contributed by atoms with Crippen LogP contribution >= 0.6 is 0 Å². The monoisotopic (exact) mass is 345 g/mol. The van der Waals surface area contributed by atoms with Crippen molar-refractivity contribution >= 4 is 20.4 Å². The van der Waals surface area contributed by atoms with Gasteiger partial charge in [0.15, 0.2) is 0 Å². The Kier molecular flexibility index (Phi) is 26.4. The molecule has 0 aromatic heterocycles. The molecule has 0 aromatic carbocycles. The molecule has 0 aliphatic heterocycles. The van der Waals surface area contributed by atoms with E-state index in [1.54, 1.807) is 0 Å². The molecule has 0 rings (SSSR count). The van der Waals surface area contributed by atoms with E-state index in [0.717, 1.165) is 0 Å². The zero-order valence-corrected chi connectivity index (χ0v) is 10.6. The van der Waals surface area contributed by atoms with Gasteiger partial charge >= 0.3 is 30.4 Å². The van der Waals surface area contributed by atoms with Crippen LogP contribution in [0.3, 0.4) is 0 Å². The van der Waals surface area contributed by atoms with Crippen molar-refractivity contribution < 1.29 is 55.9 Å². The second-order valence-electron chi connectivity index (χ2n) is 0.231. The van der Waals surface area contributed by atoms with Gasteiger partial charge in [-0.15, -0.1) is 0 Å². The van der Waals surface area contributed by atoms with E-state index in [0.29, 0.717) is 0 Å². The van der Waals surface area contributed by atoms with E-state index >= 15 is 0 Å². The molecule has 1 radical (unpaired) electrons. The predicted molar refractivity (Wildman–Crippen MR) is 10.9 cm³/mol. The maximum atomic E-state index is 8.81. The molecule has 0 bridgehead atoms. The quantitative estimate of drug-likeness (QED) is 0.521. The fraction of sp³-hybridized carbons (Fsp3) is 0. The topological polar surface area (TPSA) is 57.5 Å². The molecule has 33 valence electrons. The van der Waals surface area contributed by atoms with Crippen LogP contribution in [0.15, 0.2) is 0 Å². The van der Waals surface area contributed by atoms with Crippen molar-refractivity contribution in [3.05, 3.63) is 0 Å². The van der Waals surface area contributed by atoms with Crippen LogP contribution in [0.25, 0.3) is 0 Å². The summed E-state index contributed by atoms with van der Waals surface area (Å²) in [5.74, 6) is 0. The molecular formula is H2CdO3TeV. The standard InChI is InChI=1S/Cd.H2O3Te.V/c;1-4(2)3;/h;(H2,1,2,3);. The molecule has 3 nitrogen and oxygen atoms in total. The van der Waals surface area contributed by atoms with Crippen LogP contribution in [0.1, 0.15) is 0 Å². The van der Waals surface area contributed by atoms with E-state index in [1.165, 1.54) is 0 Å². The second-order valence-corrected chi connectivity index (χ2v) is 1.55. The van der Waals surface area contributed by atoms with Gasteiger partial charge in [0.2, 0.25) is 0 Å². The first-order valence-electron chi connectivity index (χ1n) is 0.532. The predicted octanol–water partition coefficient (Wildman–Crippen LogP) is -1.62. The fourth-order valence-electron chi connectivity index (χ4n) is 0. The van der Waals surface area contributed by atoms with Gasteiger partial charge in [-0.1, -0.05) is 0 Å². The summed E-state index contributed by atoms with van der Waals surface area (Å²) in [5, 5.41) is 0. The molecule has 0 amide bonds. The Balaban J connectivity index is -0.0000000450. The maximum Gasteiger partial charge on any atom is 0 e. The van der Waals surface area contributed by atoms with Crippen molar-refractivity contribution in [3.63, 3.8) is 0 Å². The fourth-order valence-corrected chi connectivity index (χ4v) is 0. The van der Waals surface area contributed by atoms with Gasteiger partial charge in [0.25, 0.3) is 0 Å². The van der Waals surface area contributed by atoms with Crippen molar-refractivity contribution in [3.8, 4) is 0 Å². The Hall–Kier alpha value is 2.02. The summed E-state index contributed by atoms with van der Waals surface area (Å²) in [7, 11) is 0. The van der Waals surface area contributed by atoms with Gasteiger partial charge in [0, 0.05) is 45.9 Å². The third-order valence-electron chi connectivity index (χ3n) is 0. The summed E-state index contributed by atoms with van der Waals surface area (Å²) in [6.07, 6.45) is 0. The first-order valence-corrected chi connectivity index (χ1v) is 3.57. The van der Waals surface area contributed by atoms with Crippen LogP contribution in [0.4, 0.5) is 0 Å². The largest absolute Gasteiger partial charge is 0 e. The molecule has 0 spiro atoms. The minimum absolute atomic E-state index is 0. The minimum Gasteiger partial charge on any atom is 0 e. The van der Waals surface area contributed by atoms with E-state index in [1.807, 2.05) is 0 Å². The molecule has 0 saturated heterocycles. The molecule has 0 atom stereocenters. The van der Waals surface area contributed by atoms with Gasteiger partial charge in [-0.25, -0.2) is 0 Å². The smallest absolute Gasteiger partial charge is 0 e. The maximum absolute atomic E-state index is 8.81. The van der Waals surface area contributed by atoms with Crippen molar-refractivity contribution in [1.29, 1.82) is 0 Å². The molecule has 0 aliphatic rings. The van der Waals surface area contributed by atoms with Crippen LogP contribution in [-0.2, 0) is 49.0 Å². The third-order valence-corrected chi connectivity index (χ3v) is 0. The molecule has 0 heterocycles. The summed E-state index contributed by atoms with van der Waals surface area (Å²) in [4.78, 5) is 0. The van der Waals surface area contributed by atoms with Gasteiger partial charge in [0.1, 0.15) is 0 Å².